The standard InChI is InChI=1S/C66H91ClF5N11O11/c1-12-36(2)53-63(93)79(9)40(6)59(89)83-31-27-50(83)61(91)80(10)51(35-42-22-25-46(68)47(69)34-42)62(92)78(8)39(5)55(85)74-48(26-23-41-21-24-44(45(67)33-41)66(70,71)72)60(90)82-30-17-20-49(82)57(87)76-65(28-15-16-29-65)64(94)81(11)54(43-18-13-14-19-43)58(88)73-37(3)32-52(84)77(7)38(4)56(86)75-53/h21-22,24-25,33-34,36-40,43,48-51,53-54H,12-20,23,26-32,35H2,1-11H3,(H,73,88)(H,74,85)(H,75,86)(H,76,87)/t36-,37+,38-,39+,40-,48-,49-,50-,51-,53-,54-/m0/s1. The number of carbonyl (C=O) groups is 11. The van der Waals surface area contributed by atoms with Crippen molar-refractivity contribution in [3.8, 4) is 0 Å². The number of nitrogens with zero attached hydrogens (tertiary/aromatic N) is 7. The number of nitrogens with one attached hydrogen (secondary N) is 4. The first-order valence-corrected chi connectivity index (χ1v) is 33.0. The van der Waals surface area contributed by atoms with E-state index in [1.807, 2.05) is 0 Å². The normalized spacial score (nSPS) is 28.3. The highest BCUT2D eigenvalue weighted by molar-refractivity contribution is 6.31. The molecule has 2 aromatic rings. The van der Waals surface area contributed by atoms with E-state index in [4.69, 9.17) is 11.6 Å². The van der Waals surface area contributed by atoms with E-state index in [0.29, 0.717) is 38.5 Å². The molecule has 4 N–H and O–H groups in total. The Labute approximate surface area is 551 Å². The van der Waals surface area contributed by atoms with Gasteiger partial charge in [-0.05, 0) is 133 Å². The van der Waals surface area contributed by atoms with Gasteiger partial charge in [0.25, 0.3) is 0 Å². The number of halogens is 6. The lowest BCUT2D eigenvalue weighted by molar-refractivity contribution is -0.160. The van der Waals surface area contributed by atoms with E-state index in [1.165, 1.54) is 87.7 Å². The van der Waals surface area contributed by atoms with Crippen LogP contribution in [0.2, 0.25) is 5.02 Å². The van der Waals surface area contributed by atoms with Crippen LogP contribution in [-0.2, 0) is 71.8 Å². The van der Waals surface area contributed by atoms with Crippen molar-refractivity contribution in [2.75, 3.05) is 48.3 Å². The number of alkyl halides is 3. The fourth-order valence-corrected chi connectivity index (χ4v) is 13.9. The average molecular weight is 1340 g/mol. The Morgan fingerprint density at radius 1 is 0.596 bits per heavy atom. The summed E-state index contributed by atoms with van der Waals surface area (Å²) in [5.74, 6) is -10.9. The van der Waals surface area contributed by atoms with Gasteiger partial charge in [0.05, 0.1) is 10.6 Å². The summed E-state index contributed by atoms with van der Waals surface area (Å²) in [7, 11) is 6.79. The molecule has 1 spiro atoms. The molecule has 2 saturated carbocycles. The predicted molar refractivity (Wildman–Crippen MR) is 336 cm³/mol. The molecule has 11 amide bonds. The lowest BCUT2D eigenvalue weighted by Crippen LogP contribution is -2.65. The first kappa shape index (κ1) is 74.0. The lowest BCUT2D eigenvalue weighted by Gasteiger charge is -2.45. The van der Waals surface area contributed by atoms with Gasteiger partial charge in [-0.2, -0.15) is 13.2 Å². The van der Waals surface area contributed by atoms with E-state index in [2.05, 4.69) is 21.3 Å². The SMILES string of the molecule is CC[C@H](C)[C@@H]1NC(=O)[C@H](C)N(C)C(=O)C[C@@H](C)NC(=O)[C@H](C2CCCC2)N(C)C(=O)C2(CCCC2)NC(=O)[C@@H]2CCCN2C(=O)[C@H](CCc2ccc(C(F)(F)F)c(Cl)c2)NC(=O)[C@@H](C)N(C)C(=O)[C@H](Cc2ccc(F)c(F)c2)N(C)C(=O)[C@@H]2CCN2C(=O)[C@H](C)N(C)C1=O. The van der Waals surface area contributed by atoms with Crippen molar-refractivity contribution in [3.63, 3.8) is 0 Å². The topological polar surface area (TPSA) is 259 Å². The zero-order chi connectivity index (χ0) is 69.6. The number of rotatable bonds is 8. The van der Waals surface area contributed by atoms with Crippen LogP contribution in [0.5, 0.6) is 0 Å². The minimum atomic E-state index is -4.79. The number of fused-ring (bicyclic) bond motifs is 2. The van der Waals surface area contributed by atoms with Gasteiger partial charge in [0.15, 0.2) is 11.6 Å². The fraction of sp³-hybridized carbons (Fsp3) is 0.652. The molecule has 3 heterocycles. The van der Waals surface area contributed by atoms with Crippen LogP contribution in [-0.4, -0.2) is 214 Å². The van der Waals surface area contributed by atoms with Gasteiger partial charge in [-0.3, -0.25) is 52.7 Å². The Kier molecular flexibility index (Phi) is 24.4. The molecule has 7 rings (SSSR count). The molecule has 3 aliphatic heterocycles. The van der Waals surface area contributed by atoms with Gasteiger partial charge in [-0.25, -0.2) is 8.78 Å². The van der Waals surface area contributed by atoms with Gasteiger partial charge in [-0.15, -0.1) is 0 Å². The average Bonchev–Trinajstić information content (AvgIpc) is 1.37. The second kappa shape index (κ2) is 31.0. The van der Waals surface area contributed by atoms with Gasteiger partial charge in [0.1, 0.15) is 59.9 Å². The van der Waals surface area contributed by atoms with Crippen molar-refractivity contribution in [2.45, 2.75) is 216 Å². The van der Waals surface area contributed by atoms with E-state index in [1.54, 1.807) is 20.8 Å². The van der Waals surface area contributed by atoms with E-state index < -0.39 is 172 Å². The number of hydrogen-bond acceptors (Lipinski definition) is 11. The van der Waals surface area contributed by atoms with E-state index in [0.717, 1.165) is 51.8 Å². The molecule has 2 aromatic carbocycles. The number of amides is 11. The van der Waals surface area contributed by atoms with Crippen LogP contribution in [0, 0.1) is 23.5 Å². The molecule has 0 unspecified atom stereocenters. The highest BCUT2D eigenvalue weighted by atomic mass is 35.5. The summed E-state index contributed by atoms with van der Waals surface area (Å²) in [5.41, 5.74) is -2.32. The van der Waals surface area contributed by atoms with Gasteiger partial charge in [-0.1, -0.05) is 69.7 Å². The van der Waals surface area contributed by atoms with Crippen LogP contribution in [0.3, 0.4) is 0 Å². The first-order valence-electron chi connectivity index (χ1n) is 32.6. The van der Waals surface area contributed by atoms with Crippen molar-refractivity contribution in [2.24, 2.45) is 11.8 Å². The van der Waals surface area contributed by atoms with Crippen LogP contribution in [0.15, 0.2) is 36.4 Å². The third-order valence-corrected chi connectivity index (χ3v) is 20.6. The predicted octanol–water partition coefficient (Wildman–Crippen LogP) is 5.14. The van der Waals surface area contributed by atoms with Crippen molar-refractivity contribution in [3.05, 3.63) is 69.7 Å². The number of aryl methyl sites for hydroxylation is 1. The van der Waals surface area contributed by atoms with Crippen molar-refractivity contribution in [1.29, 1.82) is 0 Å². The van der Waals surface area contributed by atoms with Gasteiger partial charge in [0.2, 0.25) is 65.0 Å². The minimum Gasteiger partial charge on any atom is -0.351 e. The molecule has 22 nitrogen and oxygen atoms in total. The summed E-state index contributed by atoms with van der Waals surface area (Å²) in [6.45, 7) is 9.44. The molecule has 518 valence electrons. The third kappa shape index (κ3) is 16.4. The molecule has 28 heteroatoms. The summed E-state index contributed by atoms with van der Waals surface area (Å²) in [5, 5.41) is 10.8. The van der Waals surface area contributed by atoms with Gasteiger partial charge >= 0.3 is 6.18 Å². The van der Waals surface area contributed by atoms with E-state index >= 15 is 14.4 Å². The zero-order valence-corrected chi connectivity index (χ0v) is 56.3. The van der Waals surface area contributed by atoms with Crippen LogP contribution < -0.4 is 21.3 Å². The van der Waals surface area contributed by atoms with Crippen LogP contribution >= 0.6 is 11.6 Å². The summed E-state index contributed by atoms with van der Waals surface area (Å²) in [6, 6.07) is -6.46. The smallest absolute Gasteiger partial charge is 0.351 e. The highest BCUT2D eigenvalue weighted by Crippen LogP contribution is 2.38. The summed E-state index contributed by atoms with van der Waals surface area (Å²) >= 11 is 6.12. The molecule has 2 aliphatic carbocycles. The van der Waals surface area contributed by atoms with Crippen molar-refractivity contribution in [1.82, 2.24) is 55.6 Å². The molecule has 0 bridgehead atoms. The Morgan fingerprint density at radius 3 is 1.80 bits per heavy atom. The number of benzene rings is 2. The molecule has 5 fully saturated rings. The number of likely N-dealkylation sites (N-methyl/N-ethyl adjacent to an activating group) is 5. The lowest BCUT2D eigenvalue weighted by atomic mass is 9.90. The summed E-state index contributed by atoms with van der Waals surface area (Å²) in [4.78, 5) is 170. The Bertz CT molecular complexity index is 3200. The Morgan fingerprint density at radius 2 is 1.20 bits per heavy atom. The maximum Gasteiger partial charge on any atom is 0.417 e. The Hall–Kier alpha value is -7.45. The molecule has 11 atom stereocenters. The third-order valence-electron chi connectivity index (χ3n) is 20.3. The summed E-state index contributed by atoms with van der Waals surface area (Å²) < 4.78 is 70.7. The molecular formula is C66H91ClF5N11O11. The van der Waals surface area contributed by atoms with E-state index in [-0.39, 0.29) is 75.1 Å². The number of hydrogen-bond donors (Lipinski definition) is 4. The molecule has 0 aromatic heterocycles. The van der Waals surface area contributed by atoms with Gasteiger partial charge < -0.3 is 55.6 Å². The monoisotopic (exact) mass is 1340 g/mol. The molecule has 5 aliphatic rings. The van der Waals surface area contributed by atoms with Crippen LogP contribution in [0.1, 0.15) is 148 Å². The second-order valence-corrected chi connectivity index (χ2v) is 26.9. The largest absolute Gasteiger partial charge is 0.417 e. The van der Waals surface area contributed by atoms with Crippen LogP contribution in [0.25, 0.3) is 0 Å². The van der Waals surface area contributed by atoms with Crippen molar-refractivity contribution < 1.29 is 74.7 Å². The fourth-order valence-electron chi connectivity index (χ4n) is 13.6. The maximum atomic E-state index is 15.2. The molecule has 0 radical (unpaired) electrons. The highest BCUT2D eigenvalue weighted by Gasteiger charge is 2.51. The second-order valence-electron chi connectivity index (χ2n) is 26.5. The molecule has 94 heavy (non-hydrogen) atoms. The maximum absolute atomic E-state index is 15.2. The van der Waals surface area contributed by atoms with Crippen LogP contribution in [0.4, 0.5) is 22.0 Å². The Balaban J connectivity index is 1.26. The summed E-state index contributed by atoms with van der Waals surface area (Å²) in [6.07, 6.45) is -0.778. The minimum absolute atomic E-state index is 0.000810. The number of carbonyl (C=O) groups excluding carboxylic acids is 11. The first-order chi connectivity index (χ1) is 44.1. The molecule has 3 saturated heterocycles. The van der Waals surface area contributed by atoms with E-state index in [9.17, 15) is 60.3 Å². The quantitative estimate of drug-likeness (QED) is 0.252. The van der Waals surface area contributed by atoms with Gasteiger partial charge in [0, 0.05) is 67.2 Å². The molecular weight excluding hydrogens is 1250 g/mol. The van der Waals surface area contributed by atoms with Crippen molar-refractivity contribution >= 4 is 76.6 Å². The zero-order valence-electron chi connectivity index (χ0n) is 55.5.